The van der Waals surface area contributed by atoms with Crippen molar-refractivity contribution in [1.82, 2.24) is 4.90 Å². The zero-order valence-electron chi connectivity index (χ0n) is 7.18. The Hall–Kier alpha value is -0.150. The van der Waals surface area contributed by atoms with Crippen molar-refractivity contribution in [3.63, 3.8) is 0 Å². The normalized spacial score (nSPS) is 40.9. The fourth-order valence-corrected chi connectivity index (χ4v) is 1.58. The fourth-order valence-electron chi connectivity index (χ4n) is 1.58. The summed E-state index contributed by atoms with van der Waals surface area (Å²) in [5, 5.41) is 9.34. The molecule has 0 aromatic rings. The maximum atomic E-state index is 13.7. The summed E-state index contributed by atoms with van der Waals surface area (Å²) in [6.45, 7) is 2.94. The van der Waals surface area contributed by atoms with Crippen LogP contribution in [0.5, 0.6) is 0 Å². The Labute approximate surface area is 67.0 Å². The van der Waals surface area contributed by atoms with Gasteiger partial charge in [-0.05, 0) is 19.9 Å². The van der Waals surface area contributed by atoms with Crippen LogP contribution in [-0.4, -0.2) is 41.9 Å². The van der Waals surface area contributed by atoms with Gasteiger partial charge in [0.2, 0.25) is 0 Å². The summed E-state index contributed by atoms with van der Waals surface area (Å²) in [4.78, 5) is 1.93. The SMILES string of the molecule is CC[C@]1(F)CN(C)CC[C@H]1O. The van der Waals surface area contributed by atoms with Crippen LogP contribution in [0.1, 0.15) is 19.8 Å². The number of hydrogen-bond acceptors (Lipinski definition) is 2. The lowest BCUT2D eigenvalue weighted by atomic mass is 9.89. The predicted molar refractivity (Wildman–Crippen MR) is 42.3 cm³/mol. The van der Waals surface area contributed by atoms with Gasteiger partial charge in [0.25, 0.3) is 0 Å². The highest BCUT2D eigenvalue weighted by molar-refractivity contribution is 4.92. The van der Waals surface area contributed by atoms with Crippen LogP contribution in [0.3, 0.4) is 0 Å². The van der Waals surface area contributed by atoms with E-state index in [-0.39, 0.29) is 0 Å². The first-order valence-electron chi connectivity index (χ1n) is 4.14. The Kier molecular flexibility index (Phi) is 2.50. The van der Waals surface area contributed by atoms with E-state index in [1.165, 1.54) is 0 Å². The van der Waals surface area contributed by atoms with Crippen LogP contribution in [0.15, 0.2) is 0 Å². The Morgan fingerprint density at radius 2 is 2.36 bits per heavy atom. The second kappa shape index (κ2) is 3.07. The molecule has 0 radical (unpaired) electrons. The molecule has 3 heteroatoms. The van der Waals surface area contributed by atoms with Crippen molar-refractivity contribution in [1.29, 1.82) is 0 Å². The Balaban J connectivity index is 2.60. The van der Waals surface area contributed by atoms with E-state index in [2.05, 4.69) is 0 Å². The zero-order chi connectivity index (χ0) is 8.48. The summed E-state index contributed by atoms with van der Waals surface area (Å²) in [5.41, 5.74) is -1.37. The first-order chi connectivity index (χ1) is 5.08. The molecule has 0 aromatic heterocycles. The summed E-state index contributed by atoms with van der Waals surface area (Å²) < 4.78 is 13.7. The number of nitrogens with zero attached hydrogens (tertiary/aromatic N) is 1. The number of halogens is 1. The van der Waals surface area contributed by atoms with E-state index in [1.54, 1.807) is 6.92 Å². The molecule has 1 rings (SSSR count). The maximum absolute atomic E-state index is 13.7. The average molecular weight is 161 g/mol. The van der Waals surface area contributed by atoms with Gasteiger partial charge in [0.1, 0.15) is 5.67 Å². The summed E-state index contributed by atoms with van der Waals surface area (Å²) in [7, 11) is 1.88. The molecule has 0 bridgehead atoms. The van der Waals surface area contributed by atoms with Crippen LogP contribution >= 0.6 is 0 Å². The Bertz CT molecular complexity index is 142. The molecular weight excluding hydrogens is 145 g/mol. The fraction of sp³-hybridized carbons (Fsp3) is 1.00. The number of likely N-dealkylation sites (tertiary alicyclic amines) is 1. The first-order valence-corrected chi connectivity index (χ1v) is 4.14. The molecule has 1 heterocycles. The molecule has 0 unspecified atom stereocenters. The van der Waals surface area contributed by atoms with Gasteiger partial charge in [-0.1, -0.05) is 6.92 Å². The zero-order valence-corrected chi connectivity index (χ0v) is 7.18. The third-order valence-electron chi connectivity index (χ3n) is 2.50. The monoisotopic (exact) mass is 161 g/mol. The highest BCUT2D eigenvalue weighted by Crippen LogP contribution is 2.27. The standard InChI is InChI=1S/C8H16FNO/c1-3-8(9)6-10(2)5-4-7(8)11/h7,11H,3-6H2,1-2H3/t7-,8+/m1/s1. The van der Waals surface area contributed by atoms with Crippen molar-refractivity contribution in [2.45, 2.75) is 31.5 Å². The van der Waals surface area contributed by atoms with Gasteiger partial charge >= 0.3 is 0 Å². The molecule has 0 aromatic carbocycles. The van der Waals surface area contributed by atoms with E-state index in [4.69, 9.17) is 0 Å². The number of hydrogen-bond donors (Lipinski definition) is 1. The van der Waals surface area contributed by atoms with E-state index in [0.717, 1.165) is 6.54 Å². The van der Waals surface area contributed by atoms with Crippen LogP contribution in [0.2, 0.25) is 0 Å². The lowest BCUT2D eigenvalue weighted by Crippen LogP contribution is -2.52. The van der Waals surface area contributed by atoms with Crippen LogP contribution in [-0.2, 0) is 0 Å². The van der Waals surface area contributed by atoms with Crippen molar-refractivity contribution in [2.24, 2.45) is 0 Å². The molecule has 1 fully saturated rings. The Morgan fingerprint density at radius 1 is 1.73 bits per heavy atom. The number of aliphatic hydroxyl groups excluding tert-OH is 1. The molecule has 0 amide bonds. The minimum absolute atomic E-state index is 0.366. The van der Waals surface area contributed by atoms with Crippen LogP contribution < -0.4 is 0 Å². The van der Waals surface area contributed by atoms with Crippen molar-refractivity contribution < 1.29 is 9.50 Å². The highest BCUT2D eigenvalue weighted by atomic mass is 19.1. The second-order valence-corrected chi connectivity index (χ2v) is 3.43. The molecule has 0 aliphatic carbocycles. The van der Waals surface area contributed by atoms with Crippen molar-refractivity contribution in [3.05, 3.63) is 0 Å². The van der Waals surface area contributed by atoms with E-state index in [1.807, 2.05) is 11.9 Å². The molecule has 1 aliphatic rings. The molecule has 66 valence electrons. The molecule has 1 saturated heterocycles. The molecule has 1 N–H and O–H groups in total. The molecule has 1 aliphatic heterocycles. The maximum Gasteiger partial charge on any atom is 0.149 e. The van der Waals surface area contributed by atoms with E-state index >= 15 is 0 Å². The topological polar surface area (TPSA) is 23.5 Å². The van der Waals surface area contributed by atoms with E-state index in [0.29, 0.717) is 19.4 Å². The quantitative estimate of drug-likeness (QED) is 0.615. The van der Waals surface area contributed by atoms with Gasteiger partial charge < -0.3 is 10.0 Å². The number of alkyl halides is 1. The van der Waals surface area contributed by atoms with Gasteiger partial charge in [-0.3, -0.25) is 0 Å². The van der Waals surface area contributed by atoms with Crippen LogP contribution in [0.25, 0.3) is 0 Å². The lowest BCUT2D eigenvalue weighted by molar-refractivity contribution is -0.0642. The molecule has 0 saturated carbocycles. The van der Waals surface area contributed by atoms with Gasteiger partial charge in [0, 0.05) is 13.1 Å². The van der Waals surface area contributed by atoms with Gasteiger partial charge in [-0.15, -0.1) is 0 Å². The number of rotatable bonds is 1. The molecule has 2 nitrogen and oxygen atoms in total. The Morgan fingerprint density at radius 3 is 2.82 bits per heavy atom. The summed E-state index contributed by atoms with van der Waals surface area (Å²) in [5.74, 6) is 0. The van der Waals surface area contributed by atoms with Gasteiger partial charge in [0.05, 0.1) is 6.10 Å². The number of aliphatic hydroxyl groups is 1. The highest BCUT2D eigenvalue weighted by Gasteiger charge is 2.40. The molecule has 0 spiro atoms. The average Bonchev–Trinajstić information content (AvgIpc) is 1.98. The first kappa shape index (κ1) is 8.94. The third-order valence-corrected chi connectivity index (χ3v) is 2.50. The largest absolute Gasteiger partial charge is 0.390 e. The van der Waals surface area contributed by atoms with Gasteiger partial charge in [-0.2, -0.15) is 0 Å². The van der Waals surface area contributed by atoms with E-state index in [9.17, 15) is 9.50 Å². The summed E-state index contributed by atoms with van der Waals surface area (Å²) in [6.07, 6.45) is 0.197. The lowest BCUT2D eigenvalue weighted by Gasteiger charge is -2.38. The smallest absolute Gasteiger partial charge is 0.149 e. The van der Waals surface area contributed by atoms with Crippen molar-refractivity contribution in [2.75, 3.05) is 20.1 Å². The minimum atomic E-state index is -1.37. The van der Waals surface area contributed by atoms with Crippen LogP contribution in [0.4, 0.5) is 4.39 Å². The minimum Gasteiger partial charge on any atom is -0.390 e. The number of piperidine rings is 1. The van der Waals surface area contributed by atoms with Crippen molar-refractivity contribution >= 4 is 0 Å². The van der Waals surface area contributed by atoms with Gasteiger partial charge in [-0.25, -0.2) is 4.39 Å². The molecule has 2 atom stereocenters. The summed E-state index contributed by atoms with van der Waals surface area (Å²) >= 11 is 0. The molecular formula is C8H16FNO. The predicted octanol–water partition coefficient (Wildman–Crippen LogP) is 0.801. The molecule has 11 heavy (non-hydrogen) atoms. The third kappa shape index (κ3) is 1.71. The van der Waals surface area contributed by atoms with Gasteiger partial charge in [0.15, 0.2) is 0 Å². The second-order valence-electron chi connectivity index (χ2n) is 3.43. The van der Waals surface area contributed by atoms with Crippen molar-refractivity contribution in [3.8, 4) is 0 Å². The van der Waals surface area contributed by atoms with E-state index < -0.39 is 11.8 Å². The van der Waals surface area contributed by atoms with Crippen LogP contribution in [0, 0.1) is 0 Å². The summed E-state index contributed by atoms with van der Waals surface area (Å²) in [6, 6.07) is 0.